The van der Waals surface area contributed by atoms with E-state index in [0.717, 1.165) is 31.3 Å². The van der Waals surface area contributed by atoms with Crippen molar-refractivity contribution in [1.82, 2.24) is 0 Å². The van der Waals surface area contributed by atoms with Gasteiger partial charge in [0, 0.05) is 0 Å². The Kier molecular flexibility index (Phi) is 4.14. The van der Waals surface area contributed by atoms with Gasteiger partial charge in [0.05, 0.1) is 0 Å². The predicted molar refractivity (Wildman–Crippen MR) is 93.2 cm³/mol. The van der Waals surface area contributed by atoms with E-state index in [1.807, 2.05) is 38.1 Å². The Labute approximate surface area is 128 Å². The van der Waals surface area contributed by atoms with Gasteiger partial charge in [-0.25, -0.2) is 0 Å². The quantitative estimate of drug-likeness (QED) is 0.570. The van der Waals surface area contributed by atoms with Crippen LogP contribution in [0, 0.1) is 0 Å². The minimum atomic E-state index is -2.49. The van der Waals surface area contributed by atoms with Gasteiger partial charge in [0.2, 0.25) is 0 Å². The van der Waals surface area contributed by atoms with Gasteiger partial charge in [-0.15, -0.1) is 0 Å². The van der Waals surface area contributed by atoms with E-state index in [4.69, 9.17) is 11.5 Å². The molecule has 0 radical (unpaired) electrons. The Hall–Kier alpha value is -1.75. The number of carbonyl (C=O) groups excluding carboxylic acids is 1. The maximum atomic E-state index is 12.6. The summed E-state index contributed by atoms with van der Waals surface area (Å²) in [5, 5.41) is 0. The molecule has 110 valence electrons. The summed E-state index contributed by atoms with van der Waals surface area (Å²) in [6, 6.07) is 11.3. The third-order valence-electron chi connectivity index (χ3n) is 3.92. The summed E-state index contributed by atoms with van der Waals surface area (Å²) in [5.74, 6) is 4.65. The van der Waals surface area contributed by atoms with Crippen molar-refractivity contribution in [3.05, 3.63) is 47.5 Å². The van der Waals surface area contributed by atoms with E-state index in [-0.39, 0.29) is 5.78 Å². The minimum absolute atomic E-state index is 0.0925. The Bertz CT molecular complexity index is 650. The van der Waals surface area contributed by atoms with Crippen LogP contribution in [0.3, 0.4) is 0 Å². The summed E-state index contributed by atoms with van der Waals surface area (Å²) in [6.45, 7) is 4.00. The molecule has 1 aliphatic heterocycles. The first kappa shape index (κ1) is 15.6. The molecular formula is C17H22GeN2O. The average Bonchev–Trinajstić information content (AvgIpc) is 2.47. The van der Waals surface area contributed by atoms with Gasteiger partial charge in [0.15, 0.2) is 0 Å². The summed E-state index contributed by atoms with van der Waals surface area (Å²) < 4.78 is 2.31. The number of carbonyl (C=O) groups is 1. The van der Waals surface area contributed by atoms with E-state index in [2.05, 4.69) is 11.5 Å². The topological polar surface area (TPSA) is 69.1 Å². The number of hydrogen-bond donors (Lipinski definition) is 2. The third-order valence-corrected chi connectivity index (χ3v) is 11.3. The molecule has 0 spiro atoms. The zero-order chi connectivity index (χ0) is 15.8. The fourth-order valence-corrected chi connectivity index (χ4v) is 9.32. The molecule has 21 heavy (non-hydrogen) atoms. The monoisotopic (exact) mass is 344 g/mol. The van der Waals surface area contributed by atoms with Gasteiger partial charge in [0.25, 0.3) is 0 Å². The van der Waals surface area contributed by atoms with Gasteiger partial charge in [-0.05, 0) is 0 Å². The number of ketones is 1. The first-order chi connectivity index (χ1) is 9.91. The fraction of sp³-hybridized carbons (Fsp3) is 0.235. The predicted octanol–water partition coefficient (Wildman–Crippen LogP) is 2.24. The molecule has 0 atom stereocenters. The molecule has 2 aromatic rings. The molecule has 0 saturated heterocycles. The molecule has 0 aliphatic carbocycles. The number of anilines is 2. The number of fused-ring (bicyclic) bond motifs is 2. The molecule has 3 nitrogen and oxygen atoms in total. The van der Waals surface area contributed by atoms with E-state index in [9.17, 15) is 4.79 Å². The molecule has 2 aromatic carbocycles. The molecule has 0 fully saturated rings. The number of nitrogens with two attached hydrogens (primary N) is 2. The van der Waals surface area contributed by atoms with Gasteiger partial charge in [-0.1, -0.05) is 13.8 Å². The standard InChI is InChI=1S/C15H16GeN2O.C2H6/c1-16(2)13-7-9(17)3-5-11(13)15(19)12-6-4-10(18)8-14(12)16;1-2/h3-8H,17-18H2,1-2H3;1-2H3. The van der Waals surface area contributed by atoms with Gasteiger partial charge >= 0.3 is 115 Å². The van der Waals surface area contributed by atoms with Gasteiger partial charge < -0.3 is 0 Å². The van der Waals surface area contributed by atoms with Gasteiger partial charge in [-0.2, -0.15) is 0 Å². The van der Waals surface area contributed by atoms with E-state index in [0.29, 0.717) is 0 Å². The Morgan fingerprint density at radius 2 is 1.19 bits per heavy atom. The first-order valence-electron chi connectivity index (χ1n) is 7.26. The molecule has 4 N–H and O–H groups in total. The molecule has 0 saturated carbocycles. The van der Waals surface area contributed by atoms with E-state index in [1.54, 1.807) is 12.1 Å². The summed E-state index contributed by atoms with van der Waals surface area (Å²) in [7, 11) is 0. The summed E-state index contributed by atoms with van der Waals surface area (Å²) in [5.41, 5.74) is 14.9. The van der Waals surface area contributed by atoms with Crippen LogP contribution in [-0.4, -0.2) is 19.0 Å². The van der Waals surface area contributed by atoms with Crippen LogP contribution in [0.5, 0.6) is 0 Å². The Morgan fingerprint density at radius 1 is 0.810 bits per heavy atom. The van der Waals surface area contributed by atoms with Crippen LogP contribution in [0.1, 0.15) is 29.8 Å². The summed E-state index contributed by atoms with van der Waals surface area (Å²) in [6.07, 6.45) is 0. The summed E-state index contributed by atoms with van der Waals surface area (Å²) >= 11 is -2.49. The fourth-order valence-electron chi connectivity index (χ4n) is 2.84. The molecule has 3 rings (SSSR count). The normalized spacial score (nSPS) is 14.6. The van der Waals surface area contributed by atoms with Crippen molar-refractivity contribution in [2.24, 2.45) is 0 Å². The van der Waals surface area contributed by atoms with E-state index >= 15 is 0 Å². The van der Waals surface area contributed by atoms with Crippen LogP contribution >= 0.6 is 0 Å². The van der Waals surface area contributed by atoms with Crippen LogP contribution in [0.25, 0.3) is 0 Å². The summed E-state index contributed by atoms with van der Waals surface area (Å²) in [4.78, 5) is 12.6. The van der Waals surface area contributed by atoms with Gasteiger partial charge in [0.1, 0.15) is 0 Å². The molecule has 0 unspecified atom stereocenters. The van der Waals surface area contributed by atoms with Crippen LogP contribution in [0.4, 0.5) is 11.4 Å². The maximum absolute atomic E-state index is 12.6. The molecule has 0 bridgehead atoms. The average molecular weight is 343 g/mol. The zero-order valence-electron chi connectivity index (χ0n) is 13.0. The molecule has 0 amide bonds. The van der Waals surface area contributed by atoms with E-state index in [1.165, 1.54) is 0 Å². The molecule has 1 heterocycles. The SMILES string of the molecule is CC.[CH3][Ge]1([CH3])[c]2cc(N)ccc2C(=O)c2ccc(N)c[c]21. The van der Waals surface area contributed by atoms with Crippen LogP contribution in [0.2, 0.25) is 11.5 Å². The van der Waals surface area contributed by atoms with Crippen molar-refractivity contribution in [2.75, 3.05) is 11.5 Å². The second-order valence-electron chi connectivity index (χ2n) is 5.56. The van der Waals surface area contributed by atoms with E-state index < -0.39 is 13.3 Å². The first-order valence-corrected chi connectivity index (χ1v) is 13.6. The molecular weight excluding hydrogens is 321 g/mol. The van der Waals surface area contributed by atoms with Crippen LogP contribution in [-0.2, 0) is 0 Å². The molecule has 1 aliphatic rings. The van der Waals surface area contributed by atoms with Gasteiger partial charge in [-0.3, -0.25) is 0 Å². The van der Waals surface area contributed by atoms with Crippen molar-refractivity contribution in [2.45, 2.75) is 25.4 Å². The van der Waals surface area contributed by atoms with Crippen molar-refractivity contribution in [1.29, 1.82) is 0 Å². The van der Waals surface area contributed by atoms with Crippen molar-refractivity contribution >= 4 is 39.2 Å². The van der Waals surface area contributed by atoms with Crippen molar-refractivity contribution in [3.63, 3.8) is 0 Å². The molecule has 4 heteroatoms. The number of benzene rings is 2. The third kappa shape index (κ3) is 2.46. The van der Waals surface area contributed by atoms with Crippen LogP contribution in [0.15, 0.2) is 36.4 Å². The zero-order valence-corrected chi connectivity index (χ0v) is 15.1. The second kappa shape index (κ2) is 5.56. The number of nitrogen functional groups attached to an aromatic ring is 2. The number of rotatable bonds is 0. The Balaban J connectivity index is 0.000000774. The second-order valence-corrected chi connectivity index (χ2v) is 14.6. The molecule has 0 aromatic heterocycles. The Morgan fingerprint density at radius 3 is 1.57 bits per heavy atom. The van der Waals surface area contributed by atoms with Crippen LogP contribution < -0.4 is 20.3 Å². The number of hydrogen-bond acceptors (Lipinski definition) is 3. The van der Waals surface area contributed by atoms with Crippen molar-refractivity contribution in [3.8, 4) is 0 Å². The van der Waals surface area contributed by atoms with Crippen molar-refractivity contribution < 1.29 is 4.79 Å².